The van der Waals surface area contributed by atoms with E-state index in [1.807, 2.05) is 54.6 Å². The fraction of sp³-hybridized carbons (Fsp3) is 0. The van der Waals surface area contributed by atoms with Crippen molar-refractivity contribution in [3.05, 3.63) is 164 Å². The Morgan fingerprint density at radius 3 is 1.70 bits per heavy atom. The van der Waals surface area contributed by atoms with Gasteiger partial charge in [0.05, 0.1) is 34.4 Å². The van der Waals surface area contributed by atoms with Crippen LogP contribution in [0.4, 0.5) is 0 Å². The number of hydrogen-bond donors (Lipinski definition) is 0. The molecule has 0 aliphatic heterocycles. The van der Waals surface area contributed by atoms with Crippen molar-refractivity contribution in [1.82, 2.24) is 15.0 Å². The molecule has 4 nitrogen and oxygen atoms in total. The van der Waals surface area contributed by atoms with Crippen LogP contribution in [-0.2, 0) is 0 Å². The van der Waals surface area contributed by atoms with Crippen molar-refractivity contribution in [3.63, 3.8) is 0 Å². The van der Waals surface area contributed by atoms with Crippen LogP contribution in [0.1, 0.15) is 5.56 Å². The van der Waals surface area contributed by atoms with Crippen molar-refractivity contribution < 1.29 is 0 Å². The molecular weight excluding hydrogens is 560 g/mol. The highest BCUT2D eigenvalue weighted by atomic mass is 14.8. The van der Waals surface area contributed by atoms with Crippen molar-refractivity contribution in [1.29, 1.82) is 5.26 Å². The van der Waals surface area contributed by atoms with Crippen molar-refractivity contribution in [2.24, 2.45) is 0 Å². The number of pyridine rings is 3. The Morgan fingerprint density at radius 1 is 0.413 bits per heavy atom. The van der Waals surface area contributed by atoms with Gasteiger partial charge in [0.25, 0.3) is 0 Å². The SMILES string of the molecule is N#Cc1cccc(-c2cccc3ccc(-c4ccc5ccc(-c6cc(-c7ccccn7)nc(-c7ccccn7)c6)cc5c4)cc23)c1. The van der Waals surface area contributed by atoms with Gasteiger partial charge in [-0.15, -0.1) is 0 Å². The van der Waals surface area contributed by atoms with Crippen molar-refractivity contribution >= 4 is 21.5 Å². The quantitative estimate of drug-likeness (QED) is 0.201. The van der Waals surface area contributed by atoms with Gasteiger partial charge in [-0.3, -0.25) is 9.97 Å². The maximum absolute atomic E-state index is 9.47. The maximum atomic E-state index is 9.47. The van der Waals surface area contributed by atoms with Gasteiger partial charge in [0.1, 0.15) is 0 Å². The number of nitrogens with zero attached hydrogens (tertiary/aromatic N) is 4. The van der Waals surface area contributed by atoms with E-state index in [0.717, 1.165) is 72.3 Å². The normalized spacial score (nSPS) is 11.0. The van der Waals surface area contributed by atoms with Crippen molar-refractivity contribution in [3.8, 4) is 62.2 Å². The number of fused-ring (bicyclic) bond motifs is 2. The minimum atomic E-state index is 0.657. The average Bonchev–Trinajstić information content (AvgIpc) is 3.14. The Kier molecular flexibility index (Phi) is 6.83. The van der Waals surface area contributed by atoms with E-state index in [9.17, 15) is 5.26 Å². The molecule has 0 unspecified atom stereocenters. The molecule has 0 spiro atoms. The predicted octanol–water partition coefficient (Wildman–Crippen LogP) is 10.4. The molecule has 46 heavy (non-hydrogen) atoms. The summed E-state index contributed by atoms with van der Waals surface area (Å²) >= 11 is 0. The highest BCUT2D eigenvalue weighted by Crippen LogP contribution is 2.35. The summed E-state index contributed by atoms with van der Waals surface area (Å²) in [6.07, 6.45) is 3.58. The fourth-order valence-electron chi connectivity index (χ4n) is 6.05. The second-order valence-corrected chi connectivity index (χ2v) is 11.3. The summed E-state index contributed by atoms with van der Waals surface area (Å²) in [6, 6.07) is 52.2. The van der Waals surface area contributed by atoms with E-state index >= 15 is 0 Å². The number of nitriles is 1. The second-order valence-electron chi connectivity index (χ2n) is 11.3. The van der Waals surface area contributed by atoms with Gasteiger partial charge in [0, 0.05) is 12.4 Å². The lowest BCUT2D eigenvalue weighted by atomic mass is 9.93. The smallest absolute Gasteiger partial charge is 0.0991 e. The van der Waals surface area contributed by atoms with Crippen LogP contribution in [0.3, 0.4) is 0 Å². The zero-order chi connectivity index (χ0) is 30.9. The molecule has 0 fully saturated rings. The van der Waals surface area contributed by atoms with Gasteiger partial charge in [-0.2, -0.15) is 5.26 Å². The molecule has 0 aliphatic carbocycles. The summed E-state index contributed by atoms with van der Waals surface area (Å²) in [5.74, 6) is 0. The molecule has 0 radical (unpaired) electrons. The Labute approximate surface area is 266 Å². The first-order valence-electron chi connectivity index (χ1n) is 15.1. The summed E-state index contributed by atoms with van der Waals surface area (Å²) in [5.41, 5.74) is 10.5. The van der Waals surface area contributed by atoms with Crippen LogP contribution in [0.2, 0.25) is 0 Å². The van der Waals surface area contributed by atoms with Crippen LogP contribution in [0.25, 0.3) is 77.7 Å². The highest BCUT2D eigenvalue weighted by molar-refractivity contribution is 6.00. The number of rotatable bonds is 5. The fourth-order valence-corrected chi connectivity index (χ4v) is 6.05. The summed E-state index contributed by atoms with van der Waals surface area (Å²) < 4.78 is 0. The number of hydrogen-bond acceptors (Lipinski definition) is 4. The van der Waals surface area contributed by atoms with E-state index < -0.39 is 0 Å². The van der Waals surface area contributed by atoms with E-state index in [1.54, 1.807) is 12.4 Å². The Hall–Kier alpha value is -6.44. The van der Waals surface area contributed by atoms with Gasteiger partial charge < -0.3 is 0 Å². The molecule has 5 aromatic carbocycles. The second kappa shape index (κ2) is 11.6. The first-order chi connectivity index (χ1) is 22.7. The first-order valence-corrected chi connectivity index (χ1v) is 15.1. The Morgan fingerprint density at radius 2 is 1.04 bits per heavy atom. The van der Waals surface area contributed by atoms with Gasteiger partial charge >= 0.3 is 0 Å². The molecule has 0 bridgehead atoms. The Balaban J connectivity index is 1.23. The molecule has 214 valence electrons. The summed E-state index contributed by atoms with van der Waals surface area (Å²) in [7, 11) is 0. The van der Waals surface area contributed by atoms with Crippen molar-refractivity contribution in [2.75, 3.05) is 0 Å². The summed E-state index contributed by atoms with van der Waals surface area (Å²) in [5, 5.41) is 14.1. The molecule has 8 aromatic rings. The summed E-state index contributed by atoms with van der Waals surface area (Å²) in [4.78, 5) is 14.1. The topological polar surface area (TPSA) is 62.5 Å². The average molecular weight is 587 g/mol. The lowest BCUT2D eigenvalue weighted by Crippen LogP contribution is -1.94. The van der Waals surface area contributed by atoms with Gasteiger partial charge in [-0.1, -0.05) is 78.9 Å². The third kappa shape index (κ3) is 5.17. The molecule has 3 aromatic heterocycles. The minimum Gasteiger partial charge on any atom is -0.255 e. The Bertz CT molecular complexity index is 2370. The molecule has 0 amide bonds. The molecule has 0 atom stereocenters. The maximum Gasteiger partial charge on any atom is 0.0991 e. The van der Waals surface area contributed by atoms with E-state index in [-0.39, 0.29) is 0 Å². The summed E-state index contributed by atoms with van der Waals surface area (Å²) in [6.45, 7) is 0. The van der Waals surface area contributed by atoms with Crippen LogP contribution < -0.4 is 0 Å². The highest BCUT2D eigenvalue weighted by Gasteiger charge is 2.12. The standard InChI is InChI=1S/C42H26N4/c43-27-28-7-5-9-34(21-28)37-10-6-8-30-15-18-33(24-38(30)37)31-16-13-29-14-17-32(23-35(29)22-31)36-25-41(39-11-1-3-19-44-39)46-42(26-36)40-12-2-4-20-45-40/h1-26H. The van der Waals surface area contributed by atoms with E-state index in [1.165, 1.54) is 5.39 Å². The van der Waals surface area contributed by atoms with Gasteiger partial charge in [-0.25, -0.2) is 4.98 Å². The molecular formula is C42H26N4. The number of aromatic nitrogens is 3. The third-order valence-corrected chi connectivity index (χ3v) is 8.37. The zero-order valence-corrected chi connectivity index (χ0v) is 24.8. The minimum absolute atomic E-state index is 0.657. The van der Waals surface area contributed by atoms with Crippen molar-refractivity contribution in [2.45, 2.75) is 0 Å². The first kappa shape index (κ1) is 27.1. The van der Waals surface area contributed by atoms with Crippen LogP contribution in [0.15, 0.2) is 158 Å². The van der Waals surface area contributed by atoms with Crippen LogP contribution in [0.5, 0.6) is 0 Å². The predicted molar refractivity (Wildman–Crippen MR) is 187 cm³/mol. The van der Waals surface area contributed by atoms with E-state index in [2.05, 4.69) is 107 Å². The van der Waals surface area contributed by atoms with Gasteiger partial charge in [0.15, 0.2) is 0 Å². The lowest BCUT2D eigenvalue weighted by Gasteiger charge is -2.12. The molecule has 8 rings (SSSR count). The molecule has 4 heteroatoms. The van der Waals surface area contributed by atoms with Gasteiger partial charge in [0.2, 0.25) is 0 Å². The molecule has 0 N–H and O–H groups in total. The van der Waals surface area contributed by atoms with Crippen LogP contribution >= 0.6 is 0 Å². The molecule has 0 aliphatic rings. The zero-order valence-electron chi connectivity index (χ0n) is 24.8. The van der Waals surface area contributed by atoms with E-state index in [4.69, 9.17) is 4.98 Å². The van der Waals surface area contributed by atoms with Gasteiger partial charge in [-0.05, 0) is 122 Å². The van der Waals surface area contributed by atoms with Crippen LogP contribution in [0, 0.1) is 11.3 Å². The molecule has 0 saturated carbocycles. The number of benzene rings is 5. The molecule has 3 heterocycles. The van der Waals surface area contributed by atoms with E-state index in [0.29, 0.717) is 5.56 Å². The lowest BCUT2D eigenvalue weighted by molar-refractivity contribution is 1.22. The van der Waals surface area contributed by atoms with Crippen LogP contribution in [-0.4, -0.2) is 15.0 Å². The largest absolute Gasteiger partial charge is 0.255 e. The molecule has 0 saturated heterocycles. The monoisotopic (exact) mass is 586 g/mol. The third-order valence-electron chi connectivity index (χ3n) is 8.37.